The standard InChI is InChI=1S/C7H4F2N2/c8-5-1-2-6(11)7(9)4(5)3-10/h1-2H,11H2. The molecule has 0 saturated heterocycles. The summed E-state index contributed by atoms with van der Waals surface area (Å²) < 4.78 is 25.2. The molecule has 0 radical (unpaired) electrons. The van der Waals surface area contributed by atoms with Crippen LogP contribution in [0.1, 0.15) is 5.56 Å². The molecular formula is C7H4F2N2. The number of benzene rings is 1. The van der Waals surface area contributed by atoms with Crippen molar-refractivity contribution >= 4 is 5.69 Å². The molecule has 2 N–H and O–H groups in total. The monoisotopic (exact) mass is 154 g/mol. The average molecular weight is 154 g/mol. The van der Waals surface area contributed by atoms with E-state index in [-0.39, 0.29) is 5.69 Å². The lowest BCUT2D eigenvalue weighted by Gasteiger charge is -1.97. The molecule has 0 fully saturated rings. The minimum atomic E-state index is -0.993. The molecule has 1 aromatic carbocycles. The molecule has 1 rings (SSSR count). The van der Waals surface area contributed by atoms with Gasteiger partial charge in [-0.1, -0.05) is 0 Å². The molecule has 0 aromatic heterocycles. The highest BCUT2D eigenvalue weighted by Crippen LogP contribution is 2.16. The normalized spacial score (nSPS) is 9.18. The zero-order chi connectivity index (χ0) is 8.43. The SMILES string of the molecule is N#Cc1c(F)ccc(N)c1F. The van der Waals surface area contributed by atoms with Gasteiger partial charge in [0.05, 0.1) is 5.69 Å². The van der Waals surface area contributed by atoms with Crippen molar-refractivity contribution in [2.45, 2.75) is 0 Å². The van der Waals surface area contributed by atoms with Crippen molar-refractivity contribution in [1.82, 2.24) is 0 Å². The van der Waals surface area contributed by atoms with Gasteiger partial charge in [-0.3, -0.25) is 0 Å². The topological polar surface area (TPSA) is 49.8 Å². The smallest absolute Gasteiger partial charge is 0.166 e. The number of nitriles is 1. The first-order chi connectivity index (χ1) is 5.16. The van der Waals surface area contributed by atoms with Gasteiger partial charge in [0.25, 0.3) is 0 Å². The predicted octanol–water partition coefficient (Wildman–Crippen LogP) is 1.42. The molecule has 1 aromatic rings. The van der Waals surface area contributed by atoms with Gasteiger partial charge in [-0.25, -0.2) is 8.78 Å². The molecule has 0 aliphatic heterocycles. The van der Waals surface area contributed by atoms with Crippen molar-refractivity contribution in [2.24, 2.45) is 0 Å². The molecule has 0 saturated carbocycles. The summed E-state index contributed by atoms with van der Waals surface area (Å²) in [6, 6.07) is 3.40. The van der Waals surface area contributed by atoms with Gasteiger partial charge in [-0.2, -0.15) is 5.26 Å². The predicted molar refractivity (Wildman–Crippen MR) is 35.5 cm³/mol. The lowest BCUT2D eigenvalue weighted by atomic mass is 10.2. The first-order valence-electron chi connectivity index (χ1n) is 2.80. The molecular weight excluding hydrogens is 150 g/mol. The zero-order valence-electron chi connectivity index (χ0n) is 5.44. The number of halogens is 2. The van der Waals surface area contributed by atoms with E-state index >= 15 is 0 Å². The minimum absolute atomic E-state index is 0.219. The Morgan fingerprint density at radius 2 is 2.00 bits per heavy atom. The van der Waals surface area contributed by atoms with Gasteiger partial charge in [-0.15, -0.1) is 0 Å². The van der Waals surface area contributed by atoms with Crippen molar-refractivity contribution < 1.29 is 8.78 Å². The van der Waals surface area contributed by atoms with Crippen LogP contribution >= 0.6 is 0 Å². The van der Waals surface area contributed by atoms with E-state index in [0.717, 1.165) is 12.1 Å². The lowest BCUT2D eigenvalue weighted by molar-refractivity contribution is 0.580. The van der Waals surface area contributed by atoms with Crippen molar-refractivity contribution in [3.63, 3.8) is 0 Å². The van der Waals surface area contributed by atoms with Crippen LogP contribution in [0, 0.1) is 23.0 Å². The first kappa shape index (κ1) is 7.48. The second kappa shape index (κ2) is 2.54. The van der Waals surface area contributed by atoms with E-state index < -0.39 is 17.2 Å². The summed E-state index contributed by atoms with van der Waals surface area (Å²) in [4.78, 5) is 0. The van der Waals surface area contributed by atoms with Crippen LogP contribution in [0.25, 0.3) is 0 Å². The van der Waals surface area contributed by atoms with Crippen LogP contribution in [0.4, 0.5) is 14.5 Å². The molecule has 0 spiro atoms. The zero-order valence-corrected chi connectivity index (χ0v) is 5.44. The van der Waals surface area contributed by atoms with E-state index in [9.17, 15) is 8.78 Å². The van der Waals surface area contributed by atoms with Crippen LogP contribution in [0.3, 0.4) is 0 Å². The molecule has 11 heavy (non-hydrogen) atoms. The second-order valence-corrected chi connectivity index (χ2v) is 1.94. The lowest BCUT2D eigenvalue weighted by Crippen LogP contribution is -1.96. The highest BCUT2D eigenvalue weighted by atomic mass is 19.1. The van der Waals surface area contributed by atoms with Crippen LogP contribution in [-0.2, 0) is 0 Å². The molecule has 0 amide bonds. The third-order valence-electron chi connectivity index (χ3n) is 1.23. The average Bonchev–Trinajstić information content (AvgIpc) is 1.99. The van der Waals surface area contributed by atoms with Crippen molar-refractivity contribution in [2.75, 3.05) is 5.73 Å². The van der Waals surface area contributed by atoms with E-state index in [1.165, 1.54) is 6.07 Å². The first-order valence-corrected chi connectivity index (χ1v) is 2.80. The molecule has 0 heterocycles. The van der Waals surface area contributed by atoms with Crippen molar-refractivity contribution in [1.29, 1.82) is 5.26 Å². The highest BCUT2D eigenvalue weighted by molar-refractivity contribution is 5.48. The molecule has 0 bridgehead atoms. The van der Waals surface area contributed by atoms with Crippen LogP contribution in [-0.4, -0.2) is 0 Å². The Morgan fingerprint density at radius 1 is 1.36 bits per heavy atom. The van der Waals surface area contributed by atoms with E-state index in [4.69, 9.17) is 11.0 Å². The van der Waals surface area contributed by atoms with E-state index in [1.54, 1.807) is 0 Å². The number of nitrogen functional groups attached to an aromatic ring is 1. The maximum absolute atomic E-state index is 12.7. The van der Waals surface area contributed by atoms with Gasteiger partial charge in [0.2, 0.25) is 0 Å². The van der Waals surface area contributed by atoms with Crippen LogP contribution in [0.2, 0.25) is 0 Å². The Balaban J connectivity index is 3.44. The highest BCUT2D eigenvalue weighted by Gasteiger charge is 2.10. The number of anilines is 1. The Hall–Kier alpha value is -1.63. The van der Waals surface area contributed by atoms with Gasteiger partial charge in [0.1, 0.15) is 17.4 Å². The van der Waals surface area contributed by atoms with Crippen molar-refractivity contribution in [3.8, 4) is 6.07 Å². The van der Waals surface area contributed by atoms with Gasteiger partial charge < -0.3 is 5.73 Å². The Morgan fingerprint density at radius 3 is 2.45 bits per heavy atom. The quantitative estimate of drug-likeness (QED) is 0.574. The fourth-order valence-corrected chi connectivity index (χ4v) is 0.671. The summed E-state index contributed by atoms with van der Waals surface area (Å²) in [7, 11) is 0. The molecule has 2 nitrogen and oxygen atoms in total. The van der Waals surface area contributed by atoms with Crippen LogP contribution < -0.4 is 5.73 Å². The Labute approximate surface area is 61.9 Å². The second-order valence-electron chi connectivity index (χ2n) is 1.94. The summed E-state index contributed by atoms with van der Waals surface area (Å²) >= 11 is 0. The van der Waals surface area contributed by atoms with Gasteiger partial charge in [-0.05, 0) is 12.1 Å². The molecule has 56 valence electrons. The minimum Gasteiger partial charge on any atom is -0.396 e. The molecule has 4 heteroatoms. The number of rotatable bonds is 0. The number of hydrogen-bond donors (Lipinski definition) is 1. The maximum atomic E-state index is 12.7. The molecule has 0 aliphatic rings. The van der Waals surface area contributed by atoms with Gasteiger partial charge >= 0.3 is 0 Å². The van der Waals surface area contributed by atoms with Crippen LogP contribution in [0.15, 0.2) is 12.1 Å². The fourth-order valence-electron chi connectivity index (χ4n) is 0.671. The maximum Gasteiger partial charge on any atom is 0.166 e. The summed E-state index contributed by atoms with van der Waals surface area (Å²) in [5, 5.41) is 8.24. The van der Waals surface area contributed by atoms with E-state index in [1.807, 2.05) is 0 Å². The van der Waals surface area contributed by atoms with Gasteiger partial charge in [0, 0.05) is 0 Å². The van der Waals surface area contributed by atoms with Crippen molar-refractivity contribution in [3.05, 3.63) is 29.3 Å². The number of nitrogens with zero attached hydrogens (tertiary/aromatic N) is 1. The van der Waals surface area contributed by atoms with Gasteiger partial charge in [0.15, 0.2) is 5.82 Å². The third-order valence-corrected chi connectivity index (χ3v) is 1.23. The Bertz CT molecular complexity index is 328. The summed E-state index contributed by atoms with van der Waals surface area (Å²) in [6.07, 6.45) is 0. The summed E-state index contributed by atoms with van der Waals surface area (Å²) in [6.45, 7) is 0. The molecule has 0 unspecified atom stereocenters. The summed E-state index contributed by atoms with van der Waals surface area (Å²) in [5.41, 5.74) is 4.22. The third kappa shape index (κ3) is 1.13. The van der Waals surface area contributed by atoms with Crippen LogP contribution in [0.5, 0.6) is 0 Å². The fraction of sp³-hybridized carbons (Fsp3) is 0. The molecule has 0 aliphatic carbocycles. The van der Waals surface area contributed by atoms with E-state index in [2.05, 4.69) is 0 Å². The number of nitrogens with two attached hydrogens (primary N) is 1. The summed E-state index contributed by atoms with van der Waals surface area (Å²) in [5.74, 6) is -1.88. The molecule has 0 atom stereocenters. The van der Waals surface area contributed by atoms with E-state index in [0.29, 0.717) is 0 Å². The Kier molecular flexibility index (Phi) is 1.73. The number of hydrogen-bond acceptors (Lipinski definition) is 2. The largest absolute Gasteiger partial charge is 0.396 e.